The molecular weight excluding hydrogens is 436 g/mol. The Labute approximate surface area is 187 Å². The average molecular weight is 465 g/mol. The first-order chi connectivity index (χ1) is 14.8. The van der Waals surface area contributed by atoms with Crippen LogP contribution in [-0.4, -0.2) is 44.6 Å². The van der Waals surface area contributed by atoms with E-state index in [2.05, 4.69) is 5.32 Å². The molecule has 0 radical (unpaired) electrons. The third-order valence-corrected chi connectivity index (χ3v) is 8.18. The Morgan fingerprint density at radius 3 is 2.39 bits per heavy atom. The maximum Gasteiger partial charge on any atom is 0.243 e. The van der Waals surface area contributed by atoms with Crippen molar-refractivity contribution in [3.8, 4) is 5.75 Å². The van der Waals surface area contributed by atoms with Crippen LogP contribution in [0.3, 0.4) is 0 Å². The van der Waals surface area contributed by atoms with E-state index in [1.54, 1.807) is 12.1 Å². The van der Waals surface area contributed by atoms with Crippen molar-refractivity contribution in [1.29, 1.82) is 0 Å². The molecule has 3 rings (SSSR count). The molecule has 2 aromatic rings. The molecule has 0 unspecified atom stereocenters. The van der Waals surface area contributed by atoms with Gasteiger partial charge in [0.05, 0.1) is 22.6 Å². The number of amides is 1. The summed E-state index contributed by atoms with van der Waals surface area (Å²) in [6.07, 6.45) is 3.83. The Morgan fingerprint density at radius 2 is 1.77 bits per heavy atom. The number of sulfonamides is 1. The second-order valence-electron chi connectivity index (χ2n) is 7.56. The lowest BCUT2D eigenvalue weighted by Gasteiger charge is -2.21. The molecular formula is C22H28N2O5S2. The van der Waals surface area contributed by atoms with Crippen molar-refractivity contribution in [3.05, 3.63) is 40.1 Å². The standard InChI is InChI=1S/C22H28N2O5S2/c1-16-7-11-21(30-16)19(25)9-12-22(26)23-18-15-17(8-10-20(18)29-2)31(27,28)24-13-5-3-4-6-14-24/h7-8,10-11,15H,3-6,9,12-14H2,1-2H3,(H,23,26). The van der Waals surface area contributed by atoms with Crippen molar-refractivity contribution >= 4 is 38.7 Å². The van der Waals surface area contributed by atoms with Gasteiger partial charge in [-0.25, -0.2) is 8.42 Å². The molecule has 1 aliphatic heterocycles. The van der Waals surface area contributed by atoms with Gasteiger partial charge in [-0.3, -0.25) is 9.59 Å². The number of rotatable bonds is 8. The number of ketones is 1. The van der Waals surface area contributed by atoms with E-state index in [0.29, 0.717) is 23.7 Å². The second kappa shape index (κ2) is 10.4. The number of ether oxygens (including phenoxy) is 1. The van der Waals surface area contributed by atoms with Gasteiger partial charge in [0.1, 0.15) is 5.75 Å². The Balaban J connectivity index is 1.71. The number of thiophene rings is 1. The fourth-order valence-corrected chi connectivity index (χ4v) is 5.90. The van der Waals surface area contributed by atoms with Crippen molar-refractivity contribution in [2.24, 2.45) is 0 Å². The molecule has 0 saturated carbocycles. The van der Waals surface area contributed by atoms with Gasteiger partial charge in [-0.1, -0.05) is 12.8 Å². The second-order valence-corrected chi connectivity index (χ2v) is 10.8. The number of methoxy groups -OCH3 is 1. The summed E-state index contributed by atoms with van der Waals surface area (Å²) >= 11 is 1.40. The van der Waals surface area contributed by atoms with E-state index in [1.807, 2.05) is 13.0 Å². The van der Waals surface area contributed by atoms with Crippen LogP contribution >= 0.6 is 11.3 Å². The van der Waals surface area contributed by atoms with Crippen LogP contribution in [0.5, 0.6) is 5.75 Å². The average Bonchev–Trinajstić information content (AvgIpc) is 3.00. The monoisotopic (exact) mass is 464 g/mol. The number of nitrogens with one attached hydrogen (secondary N) is 1. The highest BCUT2D eigenvalue weighted by molar-refractivity contribution is 7.89. The van der Waals surface area contributed by atoms with Crippen LogP contribution in [-0.2, 0) is 14.8 Å². The van der Waals surface area contributed by atoms with Gasteiger partial charge in [0.25, 0.3) is 0 Å². The molecule has 1 aromatic carbocycles. The first-order valence-corrected chi connectivity index (χ1v) is 12.6. The van der Waals surface area contributed by atoms with E-state index in [4.69, 9.17) is 4.74 Å². The van der Waals surface area contributed by atoms with Gasteiger partial charge < -0.3 is 10.1 Å². The Morgan fingerprint density at radius 1 is 1.06 bits per heavy atom. The van der Waals surface area contributed by atoms with Gasteiger partial charge in [-0.2, -0.15) is 4.31 Å². The quantitative estimate of drug-likeness (QED) is 0.590. The zero-order valence-corrected chi connectivity index (χ0v) is 19.5. The molecule has 1 saturated heterocycles. The first-order valence-electron chi connectivity index (χ1n) is 10.4. The summed E-state index contributed by atoms with van der Waals surface area (Å²) in [5, 5.41) is 2.71. The van der Waals surface area contributed by atoms with Crippen molar-refractivity contribution in [3.63, 3.8) is 0 Å². The summed E-state index contributed by atoms with van der Waals surface area (Å²) in [6, 6.07) is 8.11. The summed E-state index contributed by atoms with van der Waals surface area (Å²) in [5.74, 6) is -0.0923. The molecule has 0 atom stereocenters. The maximum atomic E-state index is 13.1. The minimum Gasteiger partial charge on any atom is -0.495 e. The van der Waals surface area contributed by atoms with Gasteiger partial charge in [0.2, 0.25) is 15.9 Å². The highest BCUT2D eigenvalue weighted by Crippen LogP contribution is 2.30. The lowest BCUT2D eigenvalue weighted by molar-refractivity contribution is -0.116. The molecule has 0 aliphatic carbocycles. The van der Waals surface area contributed by atoms with E-state index in [9.17, 15) is 18.0 Å². The topological polar surface area (TPSA) is 92.8 Å². The Kier molecular flexibility index (Phi) is 7.85. The summed E-state index contributed by atoms with van der Waals surface area (Å²) in [5.41, 5.74) is 0.280. The van der Waals surface area contributed by atoms with Crippen LogP contribution in [0, 0.1) is 6.92 Å². The largest absolute Gasteiger partial charge is 0.495 e. The number of aryl methyl sites for hydroxylation is 1. The van der Waals surface area contributed by atoms with Gasteiger partial charge in [0.15, 0.2) is 5.78 Å². The molecule has 31 heavy (non-hydrogen) atoms. The molecule has 1 aliphatic rings. The van der Waals surface area contributed by atoms with Crippen LogP contribution in [0.25, 0.3) is 0 Å². The normalized spacial score (nSPS) is 15.3. The van der Waals surface area contributed by atoms with Gasteiger partial charge in [-0.15, -0.1) is 11.3 Å². The Hall–Kier alpha value is -2.23. The van der Waals surface area contributed by atoms with Crippen LogP contribution < -0.4 is 10.1 Å². The number of anilines is 1. The lowest BCUT2D eigenvalue weighted by atomic mass is 10.2. The summed E-state index contributed by atoms with van der Waals surface area (Å²) in [4.78, 5) is 26.5. The predicted octanol–water partition coefficient (Wildman–Crippen LogP) is 4.23. The Bertz CT molecular complexity index is 1040. The number of carbonyl (C=O) groups excluding carboxylic acids is 2. The van der Waals surface area contributed by atoms with E-state index >= 15 is 0 Å². The van der Waals surface area contributed by atoms with E-state index in [0.717, 1.165) is 30.6 Å². The van der Waals surface area contributed by atoms with E-state index in [1.165, 1.54) is 34.9 Å². The molecule has 1 aromatic heterocycles. The van der Waals surface area contributed by atoms with Gasteiger partial charge in [-0.05, 0) is 50.1 Å². The van der Waals surface area contributed by atoms with Crippen LogP contribution in [0.15, 0.2) is 35.2 Å². The molecule has 0 spiro atoms. The molecule has 168 valence electrons. The van der Waals surface area contributed by atoms with Crippen LogP contribution in [0.4, 0.5) is 5.69 Å². The summed E-state index contributed by atoms with van der Waals surface area (Å²) < 4.78 is 33.0. The minimum atomic E-state index is -3.65. The lowest BCUT2D eigenvalue weighted by Crippen LogP contribution is -2.32. The predicted molar refractivity (Wildman–Crippen MR) is 121 cm³/mol. The van der Waals surface area contributed by atoms with Crippen molar-refractivity contribution in [2.75, 3.05) is 25.5 Å². The minimum absolute atomic E-state index is 0.00202. The fourth-order valence-electron chi connectivity index (χ4n) is 3.52. The third-order valence-electron chi connectivity index (χ3n) is 5.24. The number of Topliss-reactive ketones (excluding diaryl/α,β-unsaturated/α-hetero) is 1. The van der Waals surface area contributed by atoms with Crippen molar-refractivity contribution in [1.82, 2.24) is 4.31 Å². The fraction of sp³-hybridized carbons (Fsp3) is 0.455. The maximum absolute atomic E-state index is 13.1. The number of hydrogen-bond donors (Lipinski definition) is 1. The van der Waals surface area contributed by atoms with Crippen LogP contribution in [0.2, 0.25) is 0 Å². The summed E-state index contributed by atoms with van der Waals surface area (Å²) in [7, 11) is -2.20. The molecule has 1 amide bonds. The van der Waals surface area contributed by atoms with Gasteiger partial charge >= 0.3 is 0 Å². The zero-order valence-electron chi connectivity index (χ0n) is 17.8. The first kappa shape index (κ1) is 23.4. The SMILES string of the molecule is COc1ccc(S(=O)(=O)N2CCCCCC2)cc1NC(=O)CCC(=O)c1ccc(C)s1. The van der Waals surface area contributed by atoms with Crippen molar-refractivity contribution < 1.29 is 22.7 Å². The molecule has 7 nitrogen and oxygen atoms in total. The molecule has 1 fully saturated rings. The number of carbonyl (C=O) groups is 2. The zero-order chi connectivity index (χ0) is 22.4. The molecule has 2 heterocycles. The van der Waals surface area contributed by atoms with E-state index in [-0.39, 0.29) is 35.1 Å². The highest BCUT2D eigenvalue weighted by atomic mass is 32.2. The number of hydrogen-bond acceptors (Lipinski definition) is 6. The van der Waals surface area contributed by atoms with E-state index < -0.39 is 10.0 Å². The molecule has 1 N–H and O–H groups in total. The van der Waals surface area contributed by atoms with Crippen molar-refractivity contribution in [2.45, 2.75) is 50.3 Å². The number of benzene rings is 1. The molecule has 9 heteroatoms. The van der Waals surface area contributed by atoms with Gasteiger partial charge in [0, 0.05) is 30.8 Å². The third kappa shape index (κ3) is 5.93. The summed E-state index contributed by atoms with van der Waals surface area (Å²) in [6.45, 7) is 2.92. The molecule has 0 bridgehead atoms. The number of nitrogens with zero attached hydrogens (tertiary/aromatic N) is 1. The van der Waals surface area contributed by atoms with Crippen LogP contribution in [0.1, 0.15) is 53.1 Å². The highest BCUT2D eigenvalue weighted by Gasteiger charge is 2.26. The smallest absolute Gasteiger partial charge is 0.243 e.